The van der Waals surface area contributed by atoms with Gasteiger partial charge in [0.15, 0.2) is 11.0 Å². The molecule has 0 saturated carbocycles. The molecule has 0 aliphatic heterocycles. The molecule has 0 atom stereocenters. The highest BCUT2D eigenvalue weighted by Gasteiger charge is 2.15. The second kappa shape index (κ2) is 10.5. The SMILES string of the molecule is CCn1c(COc2cc(C)c(Cl)c(C)c2)nnc1SCC(=O)Nc1ccccc1OC. The first-order valence-electron chi connectivity index (χ1n) is 9.80. The van der Waals surface area contributed by atoms with Crippen molar-refractivity contribution in [3.05, 3.63) is 58.4 Å². The summed E-state index contributed by atoms with van der Waals surface area (Å²) in [5, 5.41) is 12.7. The smallest absolute Gasteiger partial charge is 0.234 e. The van der Waals surface area contributed by atoms with Crippen molar-refractivity contribution in [2.75, 3.05) is 18.2 Å². The van der Waals surface area contributed by atoms with Crippen LogP contribution in [0.2, 0.25) is 5.02 Å². The Balaban J connectivity index is 1.61. The molecule has 1 amide bonds. The lowest BCUT2D eigenvalue weighted by molar-refractivity contribution is -0.113. The van der Waals surface area contributed by atoms with Crippen LogP contribution in [0.3, 0.4) is 0 Å². The number of aryl methyl sites for hydroxylation is 2. The van der Waals surface area contributed by atoms with E-state index in [1.807, 2.05) is 49.6 Å². The highest BCUT2D eigenvalue weighted by Crippen LogP contribution is 2.27. The molecule has 0 saturated heterocycles. The van der Waals surface area contributed by atoms with E-state index in [0.717, 1.165) is 21.9 Å². The number of hydrogen-bond donors (Lipinski definition) is 1. The Morgan fingerprint density at radius 2 is 1.90 bits per heavy atom. The molecule has 0 aliphatic carbocycles. The van der Waals surface area contributed by atoms with Gasteiger partial charge in [-0.25, -0.2) is 0 Å². The van der Waals surface area contributed by atoms with Gasteiger partial charge in [-0.2, -0.15) is 0 Å². The Kier molecular flexibility index (Phi) is 7.81. The summed E-state index contributed by atoms with van der Waals surface area (Å²) in [6, 6.07) is 11.1. The van der Waals surface area contributed by atoms with Gasteiger partial charge in [0.2, 0.25) is 5.91 Å². The van der Waals surface area contributed by atoms with E-state index in [1.54, 1.807) is 19.2 Å². The van der Waals surface area contributed by atoms with Crippen molar-refractivity contribution in [3.63, 3.8) is 0 Å². The minimum atomic E-state index is -0.148. The van der Waals surface area contributed by atoms with Gasteiger partial charge >= 0.3 is 0 Å². The van der Waals surface area contributed by atoms with Gasteiger partial charge < -0.3 is 19.4 Å². The summed E-state index contributed by atoms with van der Waals surface area (Å²) in [6.07, 6.45) is 0. The van der Waals surface area contributed by atoms with Crippen LogP contribution < -0.4 is 14.8 Å². The zero-order valence-electron chi connectivity index (χ0n) is 17.9. The maximum absolute atomic E-state index is 12.4. The first-order chi connectivity index (χ1) is 14.9. The van der Waals surface area contributed by atoms with E-state index in [-0.39, 0.29) is 18.3 Å². The summed E-state index contributed by atoms with van der Waals surface area (Å²) >= 11 is 7.55. The first kappa shape index (κ1) is 23.0. The first-order valence-corrected chi connectivity index (χ1v) is 11.2. The number of para-hydroxylation sites is 2. The van der Waals surface area contributed by atoms with Gasteiger partial charge in [-0.3, -0.25) is 4.79 Å². The average Bonchev–Trinajstić information content (AvgIpc) is 3.16. The van der Waals surface area contributed by atoms with Crippen LogP contribution in [0.4, 0.5) is 5.69 Å². The Bertz CT molecular complexity index is 1050. The fraction of sp³-hybridized carbons (Fsp3) is 0.318. The minimum Gasteiger partial charge on any atom is -0.495 e. The second-order valence-corrected chi connectivity index (χ2v) is 8.16. The lowest BCUT2D eigenvalue weighted by Crippen LogP contribution is -2.15. The summed E-state index contributed by atoms with van der Waals surface area (Å²) in [5.74, 6) is 2.10. The van der Waals surface area contributed by atoms with Crippen molar-refractivity contribution in [3.8, 4) is 11.5 Å². The molecule has 7 nitrogen and oxygen atoms in total. The molecule has 0 radical (unpaired) electrons. The van der Waals surface area contributed by atoms with Gasteiger partial charge in [0.1, 0.15) is 18.1 Å². The Labute approximate surface area is 191 Å². The summed E-state index contributed by atoms with van der Waals surface area (Å²) in [6.45, 7) is 6.84. The molecular formula is C22H25ClN4O3S. The monoisotopic (exact) mass is 460 g/mol. The van der Waals surface area contributed by atoms with Crippen molar-refractivity contribution < 1.29 is 14.3 Å². The highest BCUT2D eigenvalue weighted by molar-refractivity contribution is 7.99. The molecule has 1 heterocycles. The molecule has 1 N–H and O–H groups in total. The third kappa shape index (κ3) is 5.71. The van der Waals surface area contributed by atoms with E-state index in [0.29, 0.717) is 29.0 Å². The molecule has 3 rings (SSSR count). The number of aromatic nitrogens is 3. The molecule has 0 aliphatic rings. The number of ether oxygens (including phenoxy) is 2. The number of rotatable bonds is 9. The lowest BCUT2D eigenvalue weighted by atomic mass is 10.1. The third-order valence-corrected chi connectivity index (χ3v) is 6.16. The van der Waals surface area contributed by atoms with E-state index < -0.39 is 0 Å². The minimum absolute atomic E-state index is 0.148. The molecule has 3 aromatic rings. The molecule has 0 fully saturated rings. The number of carbonyl (C=O) groups excluding carboxylic acids is 1. The molecule has 0 bridgehead atoms. The Morgan fingerprint density at radius 3 is 2.58 bits per heavy atom. The van der Waals surface area contributed by atoms with Crippen LogP contribution in [0.15, 0.2) is 41.6 Å². The molecule has 9 heteroatoms. The van der Waals surface area contributed by atoms with Gasteiger partial charge in [-0.1, -0.05) is 35.5 Å². The van der Waals surface area contributed by atoms with E-state index in [1.165, 1.54) is 11.8 Å². The van der Waals surface area contributed by atoms with Crippen LogP contribution in [0, 0.1) is 13.8 Å². The summed E-state index contributed by atoms with van der Waals surface area (Å²) in [4.78, 5) is 12.4. The number of methoxy groups -OCH3 is 1. The summed E-state index contributed by atoms with van der Waals surface area (Å²) < 4.78 is 13.1. The van der Waals surface area contributed by atoms with Gasteiger partial charge in [0, 0.05) is 11.6 Å². The molecule has 164 valence electrons. The van der Waals surface area contributed by atoms with Gasteiger partial charge in [-0.05, 0) is 56.2 Å². The quantitative estimate of drug-likeness (QED) is 0.458. The fourth-order valence-electron chi connectivity index (χ4n) is 3.05. The standard InChI is InChI=1S/C22H25ClN4O3S/c1-5-27-19(12-30-16-10-14(2)21(23)15(3)11-16)25-26-22(27)31-13-20(28)24-17-8-6-7-9-18(17)29-4/h6-11H,5,12-13H2,1-4H3,(H,24,28). The van der Waals surface area contributed by atoms with Crippen LogP contribution in [-0.2, 0) is 17.9 Å². The van der Waals surface area contributed by atoms with Crippen molar-refractivity contribution in [1.29, 1.82) is 0 Å². The van der Waals surface area contributed by atoms with Crippen LogP contribution in [0.1, 0.15) is 23.9 Å². The fourth-order valence-corrected chi connectivity index (χ4v) is 3.98. The number of nitrogens with zero attached hydrogens (tertiary/aromatic N) is 3. The number of benzene rings is 2. The summed E-state index contributed by atoms with van der Waals surface area (Å²) in [5.41, 5.74) is 2.56. The maximum atomic E-state index is 12.4. The van der Waals surface area contributed by atoms with E-state index in [2.05, 4.69) is 15.5 Å². The molecular weight excluding hydrogens is 436 g/mol. The zero-order valence-corrected chi connectivity index (χ0v) is 19.5. The normalized spacial score (nSPS) is 10.7. The third-order valence-electron chi connectivity index (χ3n) is 4.60. The number of amides is 1. The van der Waals surface area contributed by atoms with E-state index >= 15 is 0 Å². The Morgan fingerprint density at radius 1 is 1.19 bits per heavy atom. The number of carbonyl (C=O) groups is 1. The molecule has 1 aromatic heterocycles. The van der Waals surface area contributed by atoms with Crippen LogP contribution in [-0.4, -0.2) is 33.5 Å². The number of anilines is 1. The largest absolute Gasteiger partial charge is 0.495 e. The average molecular weight is 461 g/mol. The van der Waals surface area contributed by atoms with E-state index in [4.69, 9.17) is 21.1 Å². The Hall–Kier alpha value is -2.71. The highest BCUT2D eigenvalue weighted by atomic mass is 35.5. The van der Waals surface area contributed by atoms with Crippen molar-refractivity contribution >= 4 is 35.0 Å². The summed E-state index contributed by atoms with van der Waals surface area (Å²) in [7, 11) is 1.57. The van der Waals surface area contributed by atoms with Gasteiger partial charge in [0.05, 0.1) is 18.6 Å². The number of nitrogens with one attached hydrogen (secondary N) is 1. The van der Waals surface area contributed by atoms with Crippen LogP contribution in [0.25, 0.3) is 0 Å². The lowest BCUT2D eigenvalue weighted by Gasteiger charge is -2.11. The van der Waals surface area contributed by atoms with Crippen molar-refractivity contribution in [1.82, 2.24) is 14.8 Å². The van der Waals surface area contributed by atoms with Crippen LogP contribution in [0.5, 0.6) is 11.5 Å². The second-order valence-electron chi connectivity index (χ2n) is 6.84. The van der Waals surface area contributed by atoms with Gasteiger partial charge in [0.25, 0.3) is 0 Å². The molecule has 2 aromatic carbocycles. The topological polar surface area (TPSA) is 78.3 Å². The van der Waals surface area contributed by atoms with Crippen molar-refractivity contribution in [2.24, 2.45) is 0 Å². The molecule has 0 spiro atoms. The predicted molar refractivity (Wildman–Crippen MR) is 123 cm³/mol. The number of hydrogen-bond acceptors (Lipinski definition) is 6. The molecule has 31 heavy (non-hydrogen) atoms. The zero-order chi connectivity index (χ0) is 22.4. The number of thioether (sulfide) groups is 1. The van der Waals surface area contributed by atoms with Gasteiger partial charge in [-0.15, -0.1) is 10.2 Å². The number of halogens is 1. The predicted octanol–water partition coefficient (Wildman–Crippen LogP) is 4.89. The molecule has 0 unspecified atom stereocenters. The van der Waals surface area contributed by atoms with E-state index in [9.17, 15) is 4.79 Å². The van der Waals surface area contributed by atoms with Crippen molar-refractivity contribution in [2.45, 2.75) is 39.1 Å². The van der Waals surface area contributed by atoms with Crippen LogP contribution >= 0.6 is 23.4 Å². The maximum Gasteiger partial charge on any atom is 0.234 e.